The molecule has 2 N–H and O–H groups in total. The summed E-state index contributed by atoms with van der Waals surface area (Å²) in [6.45, 7) is 1.72. The van der Waals surface area contributed by atoms with E-state index in [9.17, 15) is 9.36 Å². The molecule has 0 bridgehead atoms. The number of hydrogen-bond acceptors (Lipinski definition) is 4. The van der Waals surface area contributed by atoms with Crippen molar-refractivity contribution in [3.05, 3.63) is 35.9 Å². The van der Waals surface area contributed by atoms with Crippen molar-refractivity contribution in [2.45, 2.75) is 11.8 Å². The van der Waals surface area contributed by atoms with E-state index in [0.717, 1.165) is 12.1 Å². The maximum absolute atomic E-state index is 11.5. The molecule has 18 heavy (non-hydrogen) atoms. The van der Waals surface area contributed by atoms with Gasteiger partial charge in [0, 0.05) is 19.6 Å². The fourth-order valence-electron chi connectivity index (χ4n) is 2.22. The van der Waals surface area contributed by atoms with Crippen LogP contribution in [0.1, 0.15) is 11.3 Å². The quantitative estimate of drug-likeness (QED) is 0.790. The van der Waals surface area contributed by atoms with Crippen LogP contribution in [0.2, 0.25) is 0 Å². The minimum absolute atomic E-state index is 0.157. The molecule has 1 fully saturated rings. The van der Waals surface area contributed by atoms with Gasteiger partial charge in [-0.15, -0.1) is 0 Å². The summed E-state index contributed by atoms with van der Waals surface area (Å²) in [6, 6.07) is 9.04. The van der Waals surface area contributed by atoms with Crippen LogP contribution >= 0.6 is 8.46 Å². The molecular weight excluding hydrogens is 251 g/mol. The Kier molecular flexibility index (Phi) is 4.53. The first-order valence-electron chi connectivity index (χ1n) is 5.93. The number of carbonyl (C=O) groups is 1. The fourth-order valence-corrected chi connectivity index (χ4v) is 3.04. The predicted octanol–water partition coefficient (Wildman–Crippen LogP) is 0.800. The van der Waals surface area contributed by atoms with Gasteiger partial charge in [-0.2, -0.15) is 0 Å². The molecule has 0 aromatic heterocycles. The predicted molar refractivity (Wildman–Crippen MR) is 70.6 cm³/mol. The normalized spacial score (nSPS) is 23.2. The standard InChI is InChI=1S/C12H17N2O3P/c15-12(16)10-8-14(7-6-13-10)11(18-17)9-4-2-1-3-5-9/h1-5,10-11,13H,6-8,18H2,(H,15,16). The third-order valence-electron chi connectivity index (χ3n) is 3.17. The monoisotopic (exact) mass is 268 g/mol. The molecule has 2 rings (SSSR count). The van der Waals surface area contributed by atoms with E-state index in [1.54, 1.807) is 0 Å². The summed E-state index contributed by atoms with van der Waals surface area (Å²) in [5.74, 6) is -1.01. The number of rotatable bonds is 4. The molecule has 0 amide bonds. The van der Waals surface area contributed by atoms with E-state index in [1.165, 1.54) is 0 Å². The highest BCUT2D eigenvalue weighted by atomic mass is 31.1. The van der Waals surface area contributed by atoms with Crippen LogP contribution in [-0.4, -0.2) is 41.7 Å². The number of carboxylic acids is 1. The molecule has 0 spiro atoms. The highest BCUT2D eigenvalue weighted by molar-refractivity contribution is 7.24. The van der Waals surface area contributed by atoms with Gasteiger partial charge < -0.3 is 15.0 Å². The summed E-state index contributed by atoms with van der Waals surface area (Å²) in [5.41, 5.74) is 0.994. The van der Waals surface area contributed by atoms with Gasteiger partial charge in [-0.1, -0.05) is 30.3 Å². The zero-order valence-electron chi connectivity index (χ0n) is 9.95. The molecule has 3 unspecified atom stereocenters. The zero-order chi connectivity index (χ0) is 13.0. The van der Waals surface area contributed by atoms with E-state index < -0.39 is 20.5 Å². The molecule has 5 nitrogen and oxygen atoms in total. The minimum atomic E-state index is -1.01. The van der Waals surface area contributed by atoms with Crippen molar-refractivity contribution in [2.75, 3.05) is 19.6 Å². The number of aliphatic carboxylic acids is 1. The molecule has 1 heterocycles. The zero-order valence-corrected chi connectivity index (χ0v) is 11.1. The molecule has 0 saturated carbocycles. The van der Waals surface area contributed by atoms with Crippen molar-refractivity contribution in [3.8, 4) is 0 Å². The van der Waals surface area contributed by atoms with Crippen molar-refractivity contribution < 1.29 is 14.5 Å². The largest absolute Gasteiger partial charge is 0.480 e. The lowest BCUT2D eigenvalue weighted by molar-refractivity contribution is -0.140. The smallest absolute Gasteiger partial charge is 0.322 e. The Labute approximate surface area is 107 Å². The van der Waals surface area contributed by atoms with E-state index in [4.69, 9.17) is 5.11 Å². The van der Waals surface area contributed by atoms with Crippen molar-refractivity contribution in [3.63, 3.8) is 0 Å². The van der Waals surface area contributed by atoms with E-state index in [0.29, 0.717) is 13.1 Å². The van der Waals surface area contributed by atoms with Crippen molar-refractivity contribution >= 4 is 14.4 Å². The average Bonchev–Trinajstić information content (AvgIpc) is 2.41. The molecule has 0 aliphatic carbocycles. The van der Waals surface area contributed by atoms with Gasteiger partial charge in [-0.05, 0) is 5.56 Å². The summed E-state index contributed by atoms with van der Waals surface area (Å²) in [6.07, 6.45) is 0. The van der Waals surface area contributed by atoms with Gasteiger partial charge in [0.05, 0.1) is 14.2 Å². The van der Waals surface area contributed by atoms with Gasteiger partial charge in [0.1, 0.15) is 6.04 Å². The Morgan fingerprint density at radius 1 is 1.44 bits per heavy atom. The molecule has 98 valence electrons. The second-order valence-electron chi connectivity index (χ2n) is 4.33. The molecule has 1 saturated heterocycles. The summed E-state index contributed by atoms with van der Waals surface area (Å²) in [5, 5.41) is 12.0. The lowest BCUT2D eigenvalue weighted by Crippen LogP contribution is -2.54. The van der Waals surface area contributed by atoms with Crippen LogP contribution in [0.3, 0.4) is 0 Å². The Morgan fingerprint density at radius 2 is 2.17 bits per heavy atom. The van der Waals surface area contributed by atoms with E-state index >= 15 is 0 Å². The van der Waals surface area contributed by atoms with Crippen LogP contribution in [0.25, 0.3) is 0 Å². The first kappa shape index (κ1) is 13.3. The van der Waals surface area contributed by atoms with Gasteiger partial charge in [-0.3, -0.25) is 9.69 Å². The molecule has 6 heteroatoms. The number of nitrogens with one attached hydrogen (secondary N) is 1. The van der Waals surface area contributed by atoms with E-state index in [1.807, 2.05) is 35.2 Å². The SMILES string of the molecule is O=[PH2]C(c1ccccc1)N1CCNC(C(=O)O)C1. The van der Waals surface area contributed by atoms with Crippen molar-refractivity contribution in [1.29, 1.82) is 0 Å². The summed E-state index contributed by atoms with van der Waals surface area (Å²) in [4.78, 5) is 13.0. The van der Waals surface area contributed by atoms with Gasteiger partial charge in [0.2, 0.25) is 0 Å². The molecule has 3 atom stereocenters. The molecule has 1 aromatic rings. The number of hydrogen-bond donors (Lipinski definition) is 2. The average molecular weight is 268 g/mol. The van der Waals surface area contributed by atoms with E-state index in [-0.39, 0.29) is 5.78 Å². The number of benzene rings is 1. The van der Waals surface area contributed by atoms with E-state index in [2.05, 4.69) is 5.32 Å². The third-order valence-corrected chi connectivity index (χ3v) is 4.23. The second kappa shape index (κ2) is 6.14. The Morgan fingerprint density at radius 3 is 2.78 bits per heavy atom. The topological polar surface area (TPSA) is 69.6 Å². The second-order valence-corrected chi connectivity index (χ2v) is 5.24. The van der Waals surface area contributed by atoms with Gasteiger partial charge >= 0.3 is 5.97 Å². The van der Waals surface area contributed by atoms with Crippen molar-refractivity contribution in [1.82, 2.24) is 10.2 Å². The first-order valence-corrected chi connectivity index (χ1v) is 7.06. The molecule has 1 aliphatic rings. The van der Waals surface area contributed by atoms with Crippen LogP contribution in [0.15, 0.2) is 30.3 Å². The minimum Gasteiger partial charge on any atom is -0.480 e. The molecule has 1 aliphatic heterocycles. The van der Waals surface area contributed by atoms with Gasteiger partial charge in [-0.25, -0.2) is 0 Å². The van der Waals surface area contributed by atoms with Crippen LogP contribution < -0.4 is 5.32 Å². The van der Waals surface area contributed by atoms with Crippen molar-refractivity contribution in [2.24, 2.45) is 0 Å². The Balaban J connectivity index is 2.13. The lowest BCUT2D eigenvalue weighted by atomic mass is 10.1. The van der Waals surface area contributed by atoms with Crippen LogP contribution in [-0.2, 0) is 9.36 Å². The van der Waals surface area contributed by atoms with Crippen LogP contribution in [0, 0.1) is 0 Å². The molecule has 0 radical (unpaired) electrons. The van der Waals surface area contributed by atoms with Gasteiger partial charge in [0.15, 0.2) is 0 Å². The molecular formula is C12H17N2O3P. The van der Waals surface area contributed by atoms with Crippen LogP contribution in [0.4, 0.5) is 0 Å². The third kappa shape index (κ3) is 2.99. The number of carboxylic acid groups (broad SMARTS) is 1. The fraction of sp³-hybridized carbons (Fsp3) is 0.417. The Hall–Kier alpha value is -1.16. The maximum atomic E-state index is 11.5. The number of piperazine rings is 1. The lowest BCUT2D eigenvalue weighted by Gasteiger charge is -2.35. The highest BCUT2D eigenvalue weighted by Crippen LogP contribution is 2.31. The Bertz CT molecular complexity index is 427. The number of nitrogens with zero attached hydrogens (tertiary/aromatic N) is 1. The summed E-state index contributed by atoms with van der Waals surface area (Å²) >= 11 is 0. The highest BCUT2D eigenvalue weighted by Gasteiger charge is 2.29. The molecule has 1 aromatic carbocycles. The van der Waals surface area contributed by atoms with Gasteiger partial charge in [0.25, 0.3) is 0 Å². The van der Waals surface area contributed by atoms with Crippen LogP contribution in [0.5, 0.6) is 0 Å². The maximum Gasteiger partial charge on any atom is 0.322 e. The summed E-state index contributed by atoms with van der Waals surface area (Å²) in [7, 11) is -1.01. The first-order chi connectivity index (χ1) is 8.72. The summed E-state index contributed by atoms with van der Waals surface area (Å²) < 4.78 is 11.5.